The van der Waals surface area contributed by atoms with Crippen molar-refractivity contribution in [2.45, 2.75) is 209 Å². The summed E-state index contributed by atoms with van der Waals surface area (Å²) >= 11 is 0. The van der Waals surface area contributed by atoms with Crippen LogP contribution in [0.4, 0.5) is 0 Å². The quantitative estimate of drug-likeness (QED) is 0.0523. The van der Waals surface area contributed by atoms with Gasteiger partial charge in [-0.3, -0.25) is 0 Å². The summed E-state index contributed by atoms with van der Waals surface area (Å²) in [4.78, 5) is 12.8. The van der Waals surface area contributed by atoms with Gasteiger partial charge in [0.15, 0.2) is 0 Å². The van der Waals surface area contributed by atoms with E-state index in [0.29, 0.717) is 10.8 Å². The number of rotatable bonds is 21. The second-order valence-electron chi connectivity index (χ2n) is 18.8. The van der Waals surface area contributed by atoms with Gasteiger partial charge in [0, 0.05) is 6.08 Å². The molecule has 0 bridgehead atoms. The highest BCUT2D eigenvalue weighted by molar-refractivity contribution is 5.82. The summed E-state index contributed by atoms with van der Waals surface area (Å²) in [5.74, 6) is 6.84. The molecule has 4 fully saturated rings. The molecular formula is C47H82O2. The third-order valence-corrected chi connectivity index (χ3v) is 15.6. The molecule has 0 aromatic rings. The summed E-state index contributed by atoms with van der Waals surface area (Å²) in [5.41, 5.74) is 0.999. The number of carbonyl (C=O) groups excluding carboxylic acids is 1. The van der Waals surface area contributed by atoms with Crippen molar-refractivity contribution in [2.24, 2.45) is 58.2 Å². The van der Waals surface area contributed by atoms with Crippen molar-refractivity contribution in [1.29, 1.82) is 0 Å². The van der Waals surface area contributed by atoms with Gasteiger partial charge in [-0.05, 0) is 135 Å². The number of hydrogen-bond acceptors (Lipinski definition) is 2. The normalized spacial score (nSPS) is 34.2. The van der Waals surface area contributed by atoms with Crippen LogP contribution in [0.5, 0.6) is 0 Å². The fourth-order valence-corrected chi connectivity index (χ4v) is 12.4. The zero-order valence-electron chi connectivity index (χ0n) is 33.8. The number of hydrogen-bond donors (Lipinski definition) is 0. The van der Waals surface area contributed by atoms with E-state index in [1.54, 1.807) is 6.08 Å². The van der Waals surface area contributed by atoms with Gasteiger partial charge in [0.2, 0.25) is 0 Å². The molecule has 0 radical (unpaired) electrons. The molecule has 0 amide bonds. The third kappa shape index (κ3) is 11.0. The summed E-state index contributed by atoms with van der Waals surface area (Å²) < 4.78 is 6.07. The summed E-state index contributed by atoms with van der Waals surface area (Å²) in [6.45, 7) is 17.5. The number of fused-ring (bicyclic) bond motifs is 5. The van der Waals surface area contributed by atoms with Gasteiger partial charge in [-0.1, -0.05) is 144 Å². The van der Waals surface area contributed by atoms with Crippen LogP contribution < -0.4 is 0 Å². The summed E-state index contributed by atoms with van der Waals surface area (Å²) in [5, 5.41) is 0. The maximum atomic E-state index is 12.8. The standard InChI is InChI=1S/C47H82O2/c1-8-10-11-12-13-14-15-16-17-18-19-20-21-22-23-24-45(48)49-40-31-33-46(6)39(35-40)27-28-41-43-30-29-42(47(43,7)34-32-44(41)46)37(5)25-26-38(9-2)36(3)4/h21-24,36-44H,8-20,25-35H2,1-7H3/b22-21+,24-23+/t37-,38-,39+,40+,41+,42-,43+,44+,46+,47-/m1/s1. The molecule has 0 heterocycles. The molecule has 49 heavy (non-hydrogen) atoms. The molecule has 0 saturated heterocycles. The SMILES string of the molecule is CCCCCCCCCCCCC/C=C/C=C/C(=O)O[C@H]1CC[C@@]2(C)[C@@H](CC[C@@H]3[C@@H]2CC[C@]2(C)[C@@H]([C@H](C)CC[C@@H](CC)C(C)C)CC[C@@H]32)C1. The number of esters is 1. The lowest BCUT2D eigenvalue weighted by Crippen LogP contribution is -2.54. The lowest BCUT2D eigenvalue weighted by molar-refractivity contribution is -0.158. The van der Waals surface area contributed by atoms with Crippen molar-refractivity contribution < 1.29 is 9.53 Å². The van der Waals surface area contributed by atoms with E-state index in [-0.39, 0.29) is 12.1 Å². The molecule has 2 nitrogen and oxygen atoms in total. The van der Waals surface area contributed by atoms with E-state index in [1.807, 2.05) is 6.08 Å². The highest BCUT2D eigenvalue weighted by Gasteiger charge is 2.60. The first-order valence-electron chi connectivity index (χ1n) is 22.2. The zero-order chi connectivity index (χ0) is 35.3. The van der Waals surface area contributed by atoms with Crippen LogP contribution in [0.25, 0.3) is 0 Å². The third-order valence-electron chi connectivity index (χ3n) is 15.6. The molecule has 4 aliphatic rings. The Morgan fingerprint density at radius 1 is 0.735 bits per heavy atom. The Labute approximate surface area is 305 Å². The lowest BCUT2D eigenvalue weighted by Gasteiger charge is -2.61. The summed E-state index contributed by atoms with van der Waals surface area (Å²) in [7, 11) is 0. The Morgan fingerprint density at radius 3 is 2.06 bits per heavy atom. The molecule has 0 aromatic heterocycles. The van der Waals surface area contributed by atoms with Crippen LogP contribution in [-0.2, 0) is 9.53 Å². The first-order chi connectivity index (χ1) is 23.6. The minimum atomic E-state index is -0.139. The van der Waals surface area contributed by atoms with Gasteiger partial charge < -0.3 is 4.74 Å². The molecule has 2 heteroatoms. The van der Waals surface area contributed by atoms with E-state index in [9.17, 15) is 4.79 Å². The Balaban J connectivity index is 1.14. The van der Waals surface area contributed by atoms with Crippen LogP contribution in [0.15, 0.2) is 24.3 Å². The monoisotopic (exact) mass is 679 g/mol. The van der Waals surface area contributed by atoms with Gasteiger partial charge in [-0.2, -0.15) is 0 Å². The molecule has 10 atom stereocenters. The first-order valence-corrected chi connectivity index (χ1v) is 22.2. The molecule has 0 aromatic carbocycles. The van der Waals surface area contributed by atoms with Crippen molar-refractivity contribution in [3.8, 4) is 0 Å². The molecule has 0 aliphatic heterocycles. The minimum Gasteiger partial charge on any atom is -0.459 e. The second-order valence-corrected chi connectivity index (χ2v) is 18.8. The average molecular weight is 679 g/mol. The van der Waals surface area contributed by atoms with Gasteiger partial charge in [0.1, 0.15) is 6.10 Å². The topological polar surface area (TPSA) is 26.3 Å². The Morgan fingerprint density at radius 2 is 1.39 bits per heavy atom. The van der Waals surface area contributed by atoms with Crippen LogP contribution in [0.1, 0.15) is 203 Å². The molecule has 282 valence electrons. The summed E-state index contributed by atoms with van der Waals surface area (Å²) in [6, 6.07) is 0. The van der Waals surface area contributed by atoms with E-state index < -0.39 is 0 Å². The molecule has 0 unspecified atom stereocenters. The zero-order valence-corrected chi connectivity index (χ0v) is 33.8. The van der Waals surface area contributed by atoms with E-state index in [1.165, 1.54) is 135 Å². The minimum absolute atomic E-state index is 0.107. The van der Waals surface area contributed by atoms with Crippen molar-refractivity contribution in [3.05, 3.63) is 24.3 Å². The van der Waals surface area contributed by atoms with Gasteiger partial charge in [-0.15, -0.1) is 0 Å². The lowest BCUT2D eigenvalue weighted by atomic mass is 9.44. The molecule has 4 rings (SSSR count). The highest BCUT2D eigenvalue weighted by Crippen LogP contribution is 2.68. The number of unbranched alkanes of at least 4 members (excludes halogenated alkanes) is 11. The number of allylic oxidation sites excluding steroid dienone is 3. The second kappa shape index (κ2) is 20.3. The van der Waals surface area contributed by atoms with Gasteiger partial charge >= 0.3 is 5.97 Å². The van der Waals surface area contributed by atoms with Gasteiger partial charge in [0.25, 0.3) is 0 Å². The maximum Gasteiger partial charge on any atom is 0.331 e. The fraction of sp³-hybridized carbons (Fsp3) is 0.894. The first kappa shape index (κ1) is 40.7. The Bertz CT molecular complexity index is 1010. The molecule has 4 aliphatic carbocycles. The molecule has 0 spiro atoms. The van der Waals surface area contributed by atoms with Gasteiger partial charge in [-0.25, -0.2) is 4.79 Å². The average Bonchev–Trinajstić information content (AvgIpc) is 3.44. The molecule has 4 saturated carbocycles. The van der Waals surface area contributed by atoms with Crippen LogP contribution in [0, 0.1) is 58.2 Å². The van der Waals surface area contributed by atoms with Crippen molar-refractivity contribution in [2.75, 3.05) is 0 Å². The van der Waals surface area contributed by atoms with Gasteiger partial charge in [0.05, 0.1) is 0 Å². The Hall–Kier alpha value is -1.05. The van der Waals surface area contributed by atoms with Crippen LogP contribution >= 0.6 is 0 Å². The van der Waals surface area contributed by atoms with E-state index in [4.69, 9.17) is 4.74 Å². The van der Waals surface area contributed by atoms with Crippen LogP contribution in [0.3, 0.4) is 0 Å². The van der Waals surface area contributed by atoms with E-state index in [2.05, 4.69) is 60.6 Å². The largest absolute Gasteiger partial charge is 0.459 e. The fourth-order valence-electron chi connectivity index (χ4n) is 12.4. The van der Waals surface area contributed by atoms with Crippen molar-refractivity contribution >= 4 is 5.97 Å². The number of ether oxygens (including phenoxy) is 1. The van der Waals surface area contributed by atoms with Crippen molar-refractivity contribution in [1.82, 2.24) is 0 Å². The van der Waals surface area contributed by atoms with Crippen LogP contribution in [0.2, 0.25) is 0 Å². The Kier molecular flexibility index (Phi) is 16.8. The van der Waals surface area contributed by atoms with E-state index >= 15 is 0 Å². The smallest absolute Gasteiger partial charge is 0.331 e. The van der Waals surface area contributed by atoms with Crippen LogP contribution in [-0.4, -0.2) is 12.1 Å². The molecule has 0 N–H and O–H groups in total. The maximum absolute atomic E-state index is 12.8. The highest BCUT2D eigenvalue weighted by atomic mass is 16.5. The number of carbonyl (C=O) groups is 1. The summed E-state index contributed by atoms with van der Waals surface area (Å²) in [6.07, 6.45) is 40.5. The molecular weight excluding hydrogens is 597 g/mol. The van der Waals surface area contributed by atoms with Crippen molar-refractivity contribution in [3.63, 3.8) is 0 Å². The predicted molar refractivity (Wildman–Crippen MR) is 211 cm³/mol. The van der Waals surface area contributed by atoms with E-state index in [0.717, 1.165) is 66.6 Å². The predicted octanol–water partition coefficient (Wildman–Crippen LogP) is 14.5.